The Labute approximate surface area is 140 Å². The van der Waals surface area contributed by atoms with Crippen molar-refractivity contribution in [2.45, 2.75) is 45.6 Å². The molecular weight excluding hydrogens is 288 g/mol. The minimum atomic E-state index is 0.151. The second-order valence-corrected chi connectivity index (χ2v) is 6.71. The van der Waals surface area contributed by atoms with E-state index in [1.807, 2.05) is 50.1 Å². The molecule has 1 N–H and O–H groups in total. The molecule has 2 rings (SSSR count). The molecule has 1 aromatic carbocycles. The number of rotatable bonds is 7. The smallest absolute Gasteiger partial charge is 0.226 e. The molecule has 0 atom stereocenters. The van der Waals surface area contributed by atoms with Crippen LogP contribution in [0.1, 0.15) is 38.7 Å². The molecule has 4 heteroatoms. The SMILES string of the molecule is CNCCC1CCN(C(=O)Cc2cccc(OC(C)C)c2)CC1. The van der Waals surface area contributed by atoms with Gasteiger partial charge in [-0.3, -0.25) is 4.79 Å². The molecule has 0 aliphatic carbocycles. The summed E-state index contributed by atoms with van der Waals surface area (Å²) in [4.78, 5) is 14.5. The summed E-state index contributed by atoms with van der Waals surface area (Å²) in [6.07, 6.45) is 4.09. The summed E-state index contributed by atoms with van der Waals surface area (Å²) >= 11 is 0. The maximum Gasteiger partial charge on any atom is 0.226 e. The van der Waals surface area contributed by atoms with Crippen LogP contribution < -0.4 is 10.1 Å². The van der Waals surface area contributed by atoms with E-state index in [-0.39, 0.29) is 12.0 Å². The summed E-state index contributed by atoms with van der Waals surface area (Å²) in [7, 11) is 2.00. The van der Waals surface area contributed by atoms with Gasteiger partial charge in [0.05, 0.1) is 12.5 Å². The van der Waals surface area contributed by atoms with Crippen molar-refractivity contribution in [3.8, 4) is 5.75 Å². The lowest BCUT2D eigenvalue weighted by Crippen LogP contribution is -2.39. The van der Waals surface area contributed by atoms with Crippen LogP contribution in [0.2, 0.25) is 0 Å². The summed E-state index contributed by atoms with van der Waals surface area (Å²) < 4.78 is 5.70. The zero-order valence-corrected chi connectivity index (χ0v) is 14.7. The van der Waals surface area contributed by atoms with Gasteiger partial charge in [0.2, 0.25) is 5.91 Å². The Hall–Kier alpha value is -1.55. The number of carbonyl (C=O) groups excluding carboxylic acids is 1. The van der Waals surface area contributed by atoms with Gasteiger partial charge in [0, 0.05) is 13.1 Å². The van der Waals surface area contributed by atoms with Gasteiger partial charge in [-0.2, -0.15) is 0 Å². The topological polar surface area (TPSA) is 41.6 Å². The highest BCUT2D eigenvalue weighted by molar-refractivity contribution is 5.79. The molecule has 0 spiro atoms. The molecule has 1 fully saturated rings. The number of nitrogens with zero attached hydrogens (tertiary/aromatic N) is 1. The quantitative estimate of drug-likeness (QED) is 0.840. The molecule has 0 aromatic heterocycles. The van der Waals surface area contributed by atoms with Crippen LogP contribution in [0.25, 0.3) is 0 Å². The zero-order chi connectivity index (χ0) is 16.7. The van der Waals surface area contributed by atoms with Crippen molar-refractivity contribution in [1.82, 2.24) is 10.2 Å². The molecule has 1 saturated heterocycles. The van der Waals surface area contributed by atoms with Crippen LogP contribution in [-0.2, 0) is 11.2 Å². The third-order valence-corrected chi connectivity index (χ3v) is 4.40. The number of piperidine rings is 1. The lowest BCUT2D eigenvalue weighted by atomic mass is 9.93. The van der Waals surface area contributed by atoms with Crippen LogP contribution >= 0.6 is 0 Å². The van der Waals surface area contributed by atoms with Crippen molar-refractivity contribution in [3.05, 3.63) is 29.8 Å². The fourth-order valence-corrected chi connectivity index (χ4v) is 3.11. The average Bonchev–Trinajstić information content (AvgIpc) is 2.53. The highest BCUT2D eigenvalue weighted by Gasteiger charge is 2.22. The summed E-state index contributed by atoms with van der Waals surface area (Å²) in [6.45, 7) is 6.89. The van der Waals surface area contributed by atoms with Crippen molar-refractivity contribution in [3.63, 3.8) is 0 Å². The average molecular weight is 318 g/mol. The maximum atomic E-state index is 12.5. The van der Waals surface area contributed by atoms with Crippen LogP contribution in [0.15, 0.2) is 24.3 Å². The molecule has 0 saturated carbocycles. The largest absolute Gasteiger partial charge is 0.491 e. The van der Waals surface area contributed by atoms with Gasteiger partial charge in [-0.25, -0.2) is 0 Å². The Morgan fingerprint density at radius 2 is 2.09 bits per heavy atom. The molecular formula is C19H30N2O2. The van der Waals surface area contributed by atoms with Gasteiger partial charge in [0.15, 0.2) is 0 Å². The van der Waals surface area contributed by atoms with Gasteiger partial charge in [0.1, 0.15) is 5.75 Å². The minimum absolute atomic E-state index is 0.151. The van der Waals surface area contributed by atoms with E-state index >= 15 is 0 Å². The van der Waals surface area contributed by atoms with Gasteiger partial charge in [-0.15, -0.1) is 0 Å². The molecule has 1 aliphatic rings. The fraction of sp³-hybridized carbons (Fsp3) is 0.632. The maximum absolute atomic E-state index is 12.5. The Balaban J connectivity index is 1.83. The van der Waals surface area contributed by atoms with Crippen molar-refractivity contribution in [2.75, 3.05) is 26.7 Å². The van der Waals surface area contributed by atoms with Crippen LogP contribution in [0, 0.1) is 5.92 Å². The Morgan fingerprint density at radius 1 is 1.35 bits per heavy atom. The van der Waals surface area contributed by atoms with Gasteiger partial charge in [-0.1, -0.05) is 12.1 Å². The molecule has 0 radical (unpaired) electrons. The second kappa shape index (κ2) is 8.92. The Kier molecular flexibility index (Phi) is 6.90. The molecule has 1 aromatic rings. The Bertz CT molecular complexity index is 494. The lowest BCUT2D eigenvalue weighted by Gasteiger charge is -2.32. The molecule has 1 aliphatic heterocycles. The second-order valence-electron chi connectivity index (χ2n) is 6.71. The van der Waals surface area contributed by atoms with Gasteiger partial charge < -0.3 is 15.0 Å². The number of carbonyl (C=O) groups is 1. The van der Waals surface area contributed by atoms with Crippen molar-refractivity contribution >= 4 is 5.91 Å². The van der Waals surface area contributed by atoms with Gasteiger partial charge in [0.25, 0.3) is 0 Å². The lowest BCUT2D eigenvalue weighted by molar-refractivity contribution is -0.131. The number of hydrogen-bond donors (Lipinski definition) is 1. The normalized spacial score (nSPS) is 15.9. The summed E-state index contributed by atoms with van der Waals surface area (Å²) in [5.41, 5.74) is 1.03. The predicted molar refractivity (Wildman–Crippen MR) is 93.8 cm³/mol. The number of benzene rings is 1. The number of hydrogen-bond acceptors (Lipinski definition) is 3. The van der Waals surface area contributed by atoms with Crippen molar-refractivity contribution < 1.29 is 9.53 Å². The number of likely N-dealkylation sites (tertiary alicyclic amines) is 1. The van der Waals surface area contributed by atoms with E-state index in [1.54, 1.807) is 0 Å². The van der Waals surface area contributed by atoms with E-state index in [0.717, 1.165) is 49.7 Å². The monoisotopic (exact) mass is 318 g/mol. The molecule has 1 heterocycles. The molecule has 0 unspecified atom stereocenters. The number of ether oxygens (including phenoxy) is 1. The summed E-state index contributed by atoms with van der Waals surface area (Å²) in [5, 5.41) is 3.21. The first-order valence-electron chi connectivity index (χ1n) is 8.76. The number of nitrogens with one attached hydrogen (secondary N) is 1. The van der Waals surface area contributed by atoms with E-state index in [0.29, 0.717) is 6.42 Å². The third-order valence-electron chi connectivity index (χ3n) is 4.40. The van der Waals surface area contributed by atoms with Crippen molar-refractivity contribution in [1.29, 1.82) is 0 Å². The van der Waals surface area contributed by atoms with Crippen LogP contribution in [0.5, 0.6) is 5.75 Å². The Morgan fingerprint density at radius 3 is 2.74 bits per heavy atom. The summed E-state index contributed by atoms with van der Waals surface area (Å²) in [6, 6.07) is 7.90. The zero-order valence-electron chi connectivity index (χ0n) is 14.7. The first-order chi connectivity index (χ1) is 11.1. The molecule has 4 nitrogen and oxygen atoms in total. The first-order valence-corrected chi connectivity index (χ1v) is 8.76. The highest BCUT2D eigenvalue weighted by Crippen LogP contribution is 2.21. The van der Waals surface area contributed by atoms with E-state index < -0.39 is 0 Å². The van der Waals surface area contributed by atoms with Gasteiger partial charge >= 0.3 is 0 Å². The molecule has 23 heavy (non-hydrogen) atoms. The van der Waals surface area contributed by atoms with Crippen molar-refractivity contribution in [2.24, 2.45) is 5.92 Å². The fourth-order valence-electron chi connectivity index (χ4n) is 3.11. The molecule has 0 bridgehead atoms. The first kappa shape index (κ1) is 17.8. The highest BCUT2D eigenvalue weighted by atomic mass is 16.5. The predicted octanol–water partition coefficient (Wildman–Crippen LogP) is 2.86. The van der Waals surface area contributed by atoms with E-state index in [1.165, 1.54) is 6.42 Å². The van der Waals surface area contributed by atoms with Gasteiger partial charge in [-0.05, 0) is 70.3 Å². The van der Waals surface area contributed by atoms with Crippen LogP contribution in [0.4, 0.5) is 0 Å². The minimum Gasteiger partial charge on any atom is -0.491 e. The standard InChI is InChI=1S/C19H30N2O2/c1-15(2)23-18-6-4-5-17(13-18)14-19(22)21-11-8-16(9-12-21)7-10-20-3/h4-6,13,15-16,20H,7-12,14H2,1-3H3. The number of amides is 1. The van der Waals surface area contributed by atoms with E-state index in [2.05, 4.69) is 5.32 Å². The van der Waals surface area contributed by atoms with Crippen LogP contribution in [-0.4, -0.2) is 43.6 Å². The summed E-state index contributed by atoms with van der Waals surface area (Å²) in [5.74, 6) is 1.84. The van der Waals surface area contributed by atoms with Crippen LogP contribution in [0.3, 0.4) is 0 Å². The van der Waals surface area contributed by atoms with E-state index in [4.69, 9.17) is 4.74 Å². The van der Waals surface area contributed by atoms with E-state index in [9.17, 15) is 4.79 Å². The molecule has 128 valence electrons. The molecule has 1 amide bonds. The third kappa shape index (κ3) is 5.87.